The van der Waals surface area contributed by atoms with Crippen molar-refractivity contribution in [3.63, 3.8) is 0 Å². The van der Waals surface area contributed by atoms with Crippen LogP contribution in [0, 0.1) is 0 Å². The normalized spacial score (nSPS) is 17.3. The fourth-order valence-corrected chi connectivity index (χ4v) is 3.81. The lowest BCUT2D eigenvalue weighted by Crippen LogP contribution is -2.22. The van der Waals surface area contributed by atoms with Crippen LogP contribution in [0.4, 0.5) is 11.4 Å². The number of nitrogens with zero attached hydrogens (tertiary/aromatic N) is 1. The van der Waals surface area contributed by atoms with Crippen molar-refractivity contribution in [3.8, 4) is 5.75 Å². The van der Waals surface area contributed by atoms with E-state index in [4.69, 9.17) is 9.47 Å². The van der Waals surface area contributed by atoms with E-state index >= 15 is 0 Å². The van der Waals surface area contributed by atoms with E-state index in [0.29, 0.717) is 11.4 Å². The van der Waals surface area contributed by atoms with E-state index in [9.17, 15) is 8.42 Å². The summed E-state index contributed by atoms with van der Waals surface area (Å²) in [7, 11) is -1.73. The summed E-state index contributed by atoms with van der Waals surface area (Å²) < 4.78 is 37.8. The number of benzene rings is 2. The van der Waals surface area contributed by atoms with E-state index in [1.54, 1.807) is 31.4 Å². The monoisotopic (exact) mass is 376 g/mol. The van der Waals surface area contributed by atoms with Crippen LogP contribution < -0.4 is 14.4 Å². The molecule has 0 spiro atoms. The molecule has 2 aromatic carbocycles. The fraction of sp³-hybridized carbons (Fsp3) is 0.368. The number of hydrogen-bond donors (Lipinski definition) is 1. The quantitative estimate of drug-likeness (QED) is 0.767. The van der Waals surface area contributed by atoms with Crippen LogP contribution in [0.5, 0.6) is 5.75 Å². The SMILES string of the molecule is COC1CCN(c2ccc(NS(=O)(=O)CCOc3ccccc3)cc2)C1. The van der Waals surface area contributed by atoms with Crippen LogP contribution in [0.25, 0.3) is 0 Å². The molecule has 6 nitrogen and oxygen atoms in total. The highest BCUT2D eigenvalue weighted by Crippen LogP contribution is 2.23. The van der Waals surface area contributed by atoms with Gasteiger partial charge in [0.2, 0.25) is 10.0 Å². The molecule has 1 N–H and O–H groups in total. The van der Waals surface area contributed by atoms with Crippen molar-refractivity contribution in [2.24, 2.45) is 0 Å². The lowest BCUT2D eigenvalue weighted by Gasteiger charge is -2.19. The van der Waals surface area contributed by atoms with E-state index in [0.717, 1.165) is 25.2 Å². The molecule has 1 aliphatic heterocycles. The summed E-state index contributed by atoms with van der Waals surface area (Å²) in [5.41, 5.74) is 1.62. The zero-order valence-corrected chi connectivity index (χ0v) is 15.6. The van der Waals surface area contributed by atoms with Gasteiger partial charge in [-0.25, -0.2) is 8.42 Å². The lowest BCUT2D eigenvalue weighted by molar-refractivity contribution is 0.121. The number of methoxy groups -OCH3 is 1. The Morgan fingerprint density at radius 2 is 1.85 bits per heavy atom. The molecule has 1 saturated heterocycles. The smallest absolute Gasteiger partial charge is 0.236 e. The first-order valence-electron chi connectivity index (χ1n) is 8.62. The number of para-hydroxylation sites is 1. The lowest BCUT2D eigenvalue weighted by atomic mass is 10.2. The van der Waals surface area contributed by atoms with Crippen LogP contribution in [0.1, 0.15) is 6.42 Å². The second-order valence-electron chi connectivity index (χ2n) is 6.22. The number of nitrogens with one attached hydrogen (secondary N) is 1. The van der Waals surface area contributed by atoms with Crippen LogP contribution in [0.15, 0.2) is 54.6 Å². The molecule has 0 aliphatic carbocycles. The highest BCUT2D eigenvalue weighted by molar-refractivity contribution is 7.92. The highest BCUT2D eigenvalue weighted by Gasteiger charge is 2.22. The zero-order chi connectivity index (χ0) is 18.4. The second kappa shape index (κ2) is 8.42. The average Bonchev–Trinajstić information content (AvgIpc) is 3.12. The van der Waals surface area contributed by atoms with Crippen molar-refractivity contribution < 1.29 is 17.9 Å². The average molecular weight is 376 g/mol. The molecule has 140 valence electrons. The second-order valence-corrected chi connectivity index (χ2v) is 8.06. The Bertz CT molecular complexity index is 794. The molecule has 1 atom stereocenters. The molecule has 0 saturated carbocycles. The minimum atomic E-state index is -3.46. The molecular weight excluding hydrogens is 352 g/mol. The molecule has 1 heterocycles. The third kappa shape index (κ3) is 5.12. The standard InChI is InChI=1S/C19H24N2O4S/c1-24-19-11-12-21(15-19)17-9-7-16(8-10-17)20-26(22,23)14-13-25-18-5-3-2-4-6-18/h2-10,19-20H,11-15H2,1H3. The Labute approximate surface area is 154 Å². The maximum Gasteiger partial charge on any atom is 0.236 e. The van der Waals surface area contributed by atoms with Crippen LogP contribution >= 0.6 is 0 Å². The van der Waals surface area contributed by atoms with Gasteiger partial charge in [-0.05, 0) is 42.8 Å². The summed E-state index contributed by atoms with van der Waals surface area (Å²) >= 11 is 0. The first-order valence-corrected chi connectivity index (χ1v) is 10.3. The largest absolute Gasteiger partial charge is 0.492 e. The summed E-state index contributed by atoms with van der Waals surface area (Å²) in [5, 5.41) is 0. The number of anilines is 2. The maximum atomic E-state index is 12.2. The molecule has 26 heavy (non-hydrogen) atoms. The summed E-state index contributed by atoms with van der Waals surface area (Å²) in [4.78, 5) is 2.24. The Hall–Kier alpha value is -2.25. The molecule has 2 aromatic rings. The molecule has 1 fully saturated rings. The number of ether oxygens (including phenoxy) is 2. The molecule has 0 radical (unpaired) electrons. The van der Waals surface area contributed by atoms with Gasteiger partial charge in [-0.1, -0.05) is 18.2 Å². The summed E-state index contributed by atoms with van der Waals surface area (Å²) in [6.07, 6.45) is 1.27. The van der Waals surface area contributed by atoms with Crippen molar-refractivity contribution in [1.82, 2.24) is 0 Å². The van der Waals surface area contributed by atoms with Gasteiger partial charge >= 0.3 is 0 Å². The molecule has 0 aromatic heterocycles. The van der Waals surface area contributed by atoms with Crippen LogP contribution in [-0.2, 0) is 14.8 Å². The van der Waals surface area contributed by atoms with E-state index < -0.39 is 10.0 Å². The summed E-state index contributed by atoms with van der Waals surface area (Å²) in [5.74, 6) is 0.553. The molecule has 0 bridgehead atoms. The van der Waals surface area contributed by atoms with E-state index in [1.807, 2.05) is 30.3 Å². The van der Waals surface area contributed by atoms with Gasteiger partial charge in [0.05, 0.1) is 6.10 Å². The van der Waals surface area contributed by atoms with Gasteiger partial charge < -0.3 is 14.4 Å². The minimum absolute atomic E-state index is 0.101. The Balaban J connectivity index is 1.51. The molecule has 3 rings (SSSR count). The van der Waals surface area contributed by atoms with Gasteiger partial charge in [-0.3, -0.25) is 4.72 Å². The first-order chi connectivity index (χ1) is 12.6. The van der Waals surface area contributed by atoms with Gasteiger partial charge in [0.1, 0.15) is 18.1 Å². The van der Waals surface area contributed by atoms with Crippen LogP contribution in [-0.4, -0.2) is 47.1 Å². The third-order valence-corrected chi connectivity index (χ3v) is 5.60. The summed E-state index contributed by atoms with van der Waals surface area (Å²) in [6.45, 7) is 1.91. The number of hydrogen-bond acceptors (Lipinski definition) is 5. The molecule has 1 aliphatic rings. The van der Waals surface area contributed by atoms with Crippen molar-refractivity contribution in [2.75, 3.05) is 42.2 Å². The molecule has 1 unspecified atom stereocenters. The number of sulfonamides is 1. The predicted octanol–water partition coefficient (Wildman–Crippen LogP) is 2.73. The summed E-state index contributed by atoms with van der Waals surface area (Å²) in [6, 6.07) is 16.6. The molecule has 0 amide bonds. The van der Waals surface area contributed by atoms with Gasteiger partial charge in [0.25, 0.3) is 0 Å². The van der Waals surface area contributed by atoms with Crippen molar-refractivity contribution in [3.05, 3.63) is 54.6 Å². The van der Waals surface area contributed by atoms with Crippen molar-refractivity contribution in [1.29, 1.82) is 0 Å². The zero-order valence-electron chi connectivity index (χ0n) is 14.8. The maximum absolute atomic E-state index is 12.2. The van der Waals surface area contributed by atoms with Gasteiger partial charge in [0.15, 0.2) is 0 Å². The van der Waals surface area contributed by atoms with Crippen LogP contribution in [0.3, 0.4) is 0 Å². The van der Waals surface area contributed by atoms with E-state index in [2.05, 4.69) is 9.62 Å². The Morgan fingerprint density at radius 3 is 2.50 bits per heavy atom. The highest BCUT2D eigenvalue weighted by atomic mass is 32.2. The molecular formula is C19H24N2O4S. The van der Waals surface area contributed by atoms with E-state index in [1.165, 1.54) is 0 Å². The van der Waals surface area contributed by atoms with Gasteiger partial charge in [-0.15, -0.1) is 0 Å². The van der Waals surface area contributed by atoms with Gasteiger partial charge in [-0.2, -0.15) is 0 Å². The van der Waals surface area contributed by atoms with E-state index in [-0.39, 0.29) is 18.5 Å². The van der Waals surface area contributed by atoms with Crippen LogP contribution in [0.2, 0.25) is 0 Å². The van der Waals surface area contributed by atoms with Crippen molar-refractivity contribution >= 4 is 21.4 Å². The Kier molecular flexibility index (Phi) is 6.00. The minimum Gasteiger partial charge on any atom is -0.492 e. The third-order valence-electron chi connectivity index (χ3n) is 4.35. The van der Waals surface area contributed by atoms with Gasteiger partial charge in [0, 0.05) is 31.6 Å². The number of rotatable bonds is 8. The topological polar surface area (TPSA) is 67.9 Å². The molecule has 7 heteroatoms. The van der Waals surface area contributed by atoms with Crippen molar-refractivity contribution in [2.45, 2.75) is 12.5 Å². The first kappa shape index (κ1) is 18.5. The fourth-order valence-electron chi connectivity index (χ4n) is 2.91. The Morgan fingerprint density at radius 1 is 1.12 bits per heavy atom. The predicted molar refractivity (Wildman–Crippen MR) is 103 cm³/mol.